The van der Waals surface area contributed by atoms with E-state index in [1.807, 2.05) is 61.9 Å². The number of benzene rings is 1. The van der Waals surface area contributed by atoms with Crippen LogP contribution in [0.1, 0.15) is 19.5 Å². The Morgan fingerprint density at radius 1 is 1.13 bits per heavy atom. The number of para-hydroxylation sites is 1. The molecule has 1 heterocycles. The summed E-state index contributed by atoms with van der Waals surface area (Å²) < 4.78 is 1.93. The molecular weight excluding hydrogens is 203 g/mol. The van der Waals surface area contributed by atoms with E-state index >= 15 is 0 Å². The second kappa shape index (κ2) is 5.67. The summed E-state index contributed by atoms with van der Waals surface area (Å²) in [6, 6.07) is 12.2. The Hall–Kier alpha value is -1.14. The van der Waals surface area contributed by atoms with E-state index in [0.717, 1.165) is 16.8 Å². The highest BCUT2D eigenvalue weighted by Crippen LogP contribution is 2.08. The normalized spacial score (nSPS) is 9.33. The highest BCUT2D eigenvalue weighted by Gasteiger charge is 2.01. The average molecular weight is 220 g/mol. The Kier molecular flexibility index (Phi) is 4.51. The summed E-state index contributed by atoms with van der Waals surface area (Å²) in [5.41, 5.74) is 3.23. The van der Waals surface area contributed by atoms with Crippen LogP contribution in [0, 0.1) is 6.92 Å². The predicted molar refractivity (Wildman–Crippen MR) is 69.0 cm³/mol. The first-order valence-corrected chi connectivity index (χ1v) is 5.72. The van der Waals surface area contributed by atoms with Crippen LogP contribution in [-0.2, 0) is 0 Å². The van der Waals surface area contributed by atoms with Crippen molar-refractivity contribution in [3.05, 3.63) is 42.1 Å². The molecule has 0 saturated carbocycles. The zero-order valence-electron chi connectivity index (χ0n) is 9.44. The summed E-state index contributed by atoms with van der Waals surface area (Å²) in [4.78, 5) is 0. The predicted octanol–water partition coefficient (Wildman–Crippen LogP) is 2.71. The van der Waals surface area contributed by atoms with Gasteiger partial charge in [0.15, 0.2) is 0 Å². The molecule has 2 aromatic rings. The molecular formula is C12H17N2P. The minimum absolute atomic E-state index is 0.973. The van der Waals surface area contributed by atoms with Gasteiger partial charge in [-0.05, 0) is 25.1 Å². The van der Waals surface area contributed by atoms with Crippen molar-refractivity contribution < 1.29 is 0 Å². The lowest BCUT2D eigenvalue weighted by atomic mass is 10.3. The summed E-state index contributed by atoms with van der Waals surface area (Å²) in [5, 5.41) is 4.36. The van der Waals surface area contributed by atoms with Gasteiger partial charge in [-0.3, -0.25) is 0 Å². The minimum atomic E-state index is 0.973. The largest absolute Gasteiger partial charge is 0.237 e. The summed E-state index contributed by atoms with van der Waals surface area (Å²) in [6.45, 7) is 6.05. The SMILES string of the molecule is CC.Cc1cc(P)nn1-c1ccccc1. The van der Waals surface area contributed by atoms with Crippen LogP contribution in [0.4, 0.5) is 0 Å². The van der Waals surface area contributed by atoms with Crippen LogP contribution in [0.15, 0.2) is 36.4 Å². The van der Waals surface area contributed by atoms with E-state index in [2.05, 4.69) is 14.3 Å². The van der Waals surface area contributed by atoms with Crippen LogP contribution in [0.5, 0.6) is 0 Å². The van der Waals surface area contributed by atoms with E-state index in [1.54, 1.807) is 0 Å². The van der Waals surface area contributed by atoms with Crippen molar-refractivity contribution in [1.82, 2.24) is 9.78 Å². The first-order chi connectivity index (χ1) is 7.27. The van der Waals surface area contributed by atoms with Crippen LogP contribution in [0.3, 0.4) is 0 Å². The summed E-state index contributed by atoms with van der Waals surface area (Å²) >= 11 is 0. The van der Waals surface area contributed by atoms with Crippen molar-refractivity contribution in [2.75, 3.05) is 0 Å². The van der Waals surface area contributed by atoms with Gasteiger partial charge in [0.05, 0.1) is 11.1 Å². The molecule has 0 aliphatic heterocycles. The monoisotopic (exact) mass is 220 g/mol. The molecule has 15 heavy (non-hydrogen) atoms. The average Bonchev–Trinajstić information content (AvgIpc) is 2.62. The molecule has 0 N–H and O–H groups in total. The third-order valence-corrected chi connectivity index (χ3v) is 2.19. The lowest BCUT2D eigenvalue weighted by Gasteiger charge is -2.02. The molecule has 0 radical (unpaired) electrons. The van der Waals surface area contributed by atoms with Crippen molar-refractivity contribution in [2.24, 2.45) is 0 Å². The van der Waals surface area contributed by atoms with Crippen molar-refractivity contribution in [3.63, 3.8) is 0 Å². The first-order valence-electron chi connectivity index (χ1n) is 5.15. The van der Waals surface area contributed by atoms with Crippen LogP contribution < -0.4 is 5.44 Å². The lowest BCUT2D eigenvalue weighted by Crippen LogP contribution is -2.00. The second-order valence-corrected chi connectivity index (χ2v) is 3.55. The summed E-state index contributed by atoms with van der Waals surface area (Å²) in [6.07, 6.45) is 0. The third-order valence-electron chi connectivity index (χ3n) is 1.91. The van der Waals surface area contributed by atoms with E-state index in [-0.39, 0.29) is 0 Å². The van der Waals surface area contributed by atoms with Crippen molar-refractivity contribution in [1.29, 1.82) is 0 Å². The van der Waals surface area contributed by atoms with Gasteiger partial charge in [0.25, 0.3) is 0 Å². The molecule has 2 rings (SSSR count). The Morgan fingerprint density at radius 3 is 2.20 bits per heavy atom. The quantitative estimate of drug-likeness (QED) is 0.676. The smallest absolute Gasteiger partial charge is 0.0796 e. The zero-order valence-corrected chi connectivity index (χ0v) is 10.6. The molecule has 1 aromatic carbocycles. The molecule has 80 valence electrons. The molecule has 1 aromatic heterocycles. The molecule has 0 amide bonds. The van der Waals surface area contributed by atoms with Gasteiger partial charge in [0.1, 0.15) is 0 Å². The van der Waals surface area contributed by atoms with Gasteiger partial charge in [0, 0.05) is 5.69 Å². The number of hydrogen-bond donors (Lipinski definition) is 0. The number of aryl methyl sites for hydroxylation is 1. The van der Waals surface area contributed by atoms with E-state index in [0.29, 0.717) is 0 Å². The van der Waals surface area contributed by atoms with E-state index < -0.39 is 0 Å². The van der Waals surface area contributed by atoms with Gasteiger partial charge in [-0.15, -0.1) is 0 Å². The van der Waals surface area contributed by atoms with E-state index in [9.17, 15) is 0 Å². The summed E-state index contributed by atoms with van der Waals surface area (Å²) in [5.74, 6) is 0. The topological polar surface area (TPSA) is 17.8 Å². The molecule has 0 fully saturated rings. The highest BCUT2D eigenvalue weighted by molar-refractivity contribution is 7.26. The number of hydrogen-bond acceptors (Lipinski definition) is 1. The molecule has 0 spiro atoms. The van der Waals surface area contributed by atoms with Gasteiger partial charge in [-0.2, -0.15) is 5.10 Å². The van der Waals surface area contributed by atoms with E-state index in [1.165, 1.54) is 0 Å². The second-order valence-electron chi connectivity index (χ2n) is 2.96. The van der Waals surface area contributed by atoms with Crippen LogP contribution in [-0.4, -0.2) is 9.78 Å². The van der Waals surface area contributed by atoms with Gasteiger partial charge in [0.2, 0.25) is 0 Å². The van der Waals surface area contributed by atoms with Gasteiger partial charge < -0.3 is 0 Å². The molecule has 0 saturated heterocycles. The standard InChI is InChI=1S/C10H11N2P.C2H6/c1-8-7-10(13)11-12(8)9-5-3-2-4-6-9;1-2/h2-7H,13H2,1H3;1-2H3. The molecule has 1 unspecified atom stereocenters. The minimum Gasteiger partial charge on any atom is -0.237 e. The maximum absolute atomic E-state index is 4.36. The van der Waals surface area contributed by atoms with Crippen LogP contribution in [0.2, 0.25) is 0 Å². The maximum atomic E-state index is 4.36. The fourth-order valence-corrected chi connectivity index (χ4v) is 1.69. The van der Waals surface area contributed by atoms with Gasteiger partial charge >= 0.3 is 0 Å². The molecule has 0 aliphatic carbocycles. The molecule has 1 atom stereocenters. The third kappa shape index (κ3) is 2.90. The Balaban J connectivity index is 0.000000531. The van der Waals surface area contributed by atoms with Crippen LogP contribution in [0.25, 0.3) is 5.69 Å². The van der Waals surface area contributed by atoms with Crippen molar-refractivity contribution in [2.45, 2.75) is 20.8 Å². The number of aromatic nitrogens is 2. The van der Waals surface area contributed by atoms with Gasteiger partial charge in [-0.25, -0.2) is 4.68 Å². The van der Waals surface area contributed by atoms with Gasteiger partial charge in [-0.1, -0.05) is 41.3 Å². The molecule has 0 bridgehead atoms. The Bertz CT molecular complexity index is 407. The number of rotatable bonds is 1. The fourth-order valence-electron chi connectivity index (χ4n) is 1.33. The Morgan fingerprint density at radius 2 is 1.73 bits per heavy atom. The van der Waals surface area contributed by atoms with E-state index in [4.69, 9.17) is 0 Å². The number of nitrogens with zero attached hydrogens (tertiary/aromatic N) is 2. The molecule has 3 heteroatoms. The summed E-state index contributed by atoms with van der Waals surface area (Å²) in [7, 11) is 2.60. The van der Waals surface area contributed by atoms with Crippen molar-refractivity contribution >= 4 is 14.7 Å². The van der Waals surface area contributed by atoms with Crippen LogP contribution >= 0.6 is 9.24 Å². The zero-order chi connectivity index (χ0) is 11.3. The Labute approximate surface area is 93.5 Å². The maximum Gasteiger partial charge on any atom is 0.0796 e. The first kappa shape index (κ1) is 11.9. The molecule has 2 nitrogen and oxygen atoms in total. The highest BCUT2D eigenvalue weighted by atomic mass is 31.0. The molecule has 0 aliphatic rings. The fraction of sp³-hybridized carbons (Fsp3) is 0.250. The van der Waals surface area contributed by atoms with Crippen molar-refractivity contribution in [3.8, 4) is 5.69 Å². The lowest BCUT2D eigenvalue weighted by molar-refractivity contribution is 0.856.